The van der Waals surface area contributed by atoms with Gasteiger partial charge in [-0.3, -0.25) is 4.79 Å². The first kappa shape index (κ1) is 13.2. The second-order valence-corrected chi connectivity index (χ2v) is 6.11. The lowest BCUT2D eigenvalue weighted by molar-refractivity contribution is -0.120. The van der Waals surface area contributed by atoms with E-state index in [0.29, 0.717) is 12.0 Å². The van der Waals surface area contributed by atoms with Crippen molar-refractivity contribution in [2.75, 3.05) is 5.75 Å². The number of nitrogens with one attached hydrogen (secondary N) is 1. The fourth-order valence-corrected chi connectivity index (χ4v) is 3.64. The summed E-state index contributed by atoms with van der Waals surface area (Å²) >= 11 is 3.17. The Hall–Kier alpha value is -1.25. The lowest BCUT2D eigenvalue weighted by atomic mass is 9.93. The van der Waals surface area contributed by atoms with Gasteiger partial charge in [0.15, 0.2) is 0 Å². The van der Waals surface area contributed by atoms with Gasteiger partial charge >= 0.3 is 0 Å². The molecule has 3 nitrogen and oxygen atoms in total. The van der Waals surface area contributed by atoms with Crippen LogP contribution < -0.4 is 5.32 Å². The third kappa shape index (κ3) is 2.77. The largest absolute Gasteiger partial charge is 0.320 e. The summed E-state index contributed by atoms with van der Waals surface area (Å²) in [6.07, 6.45) is 1.39. The van der Waals surface area contributed by atoms with Crippen LogP contribution in [0.3, 0.4) is 0 Å². The molecule has 18 heavy (non-hydrogen) atoms. The van der Waals surface area contributed by atoms with Crippen molar-refractivity contribution < 1.29 is 4.79 Å². The Bertz CT molecular complexity index is 500. The highest BCUT2D eigenvalue weighted by Crippen LogP contribution is 2.37. The second kappa shape index (κ2) is 6.07. The van der Waals surface area contributed by atoms with Gasteiger partial charge in [-0.1, -0.05) is 13.0 Å². The van der Waals surface area contributed by atoms with Crippen molar-refractivity contribution in [3.05, 3.63) is 33.0 Å². The molecule has 1 amide bonds. The van der Waals surface area contributed by atoms with E-state index in [1.54, 1.807) is 23.1 Å². The summed E-state index contributed by atoms with van der Waals surface area (Å²) < 4.78 is 0. The minimum atomic E-state index is -0.0666. The molecule has 0 saturated heterocycles. The van der Waals surface area contributed by atoms with Crippen molar-refractivity contribution in [3.63, 3.8) is 0 Å². The Kier molecular flexibility index (Phi) is 4.45. The van der Waals surface area contributed by atoms with Crippen LogP contribution in [0, 0.1) is 11.3 Å². The van der Waals surface area contributed by atoms with Crippen molar-refractivity contribution in [1.29, 1.82) is 5.26 Å². The Balaban J connectivity index is 2.33. The average Bonchev–Trinajstić information content (AvgIpc) is 2.89. The van der Waals surface area contributed by atoms with E-state index >= 15 is 0 Å². The summed E-state index contributed by atoms with van der Waals surface area (Å²) in [4.78, 5) is 12.8. The molecule has 0 unspecified atom stereocenters. The molecular weight excluding hydrogens is 264 g/mol. The summed E-state index contributed by atoms with van der Waals surface area (Å²) in [7, 11) is 0. The highest BCUT2D eigenvalue weighted by atomic mass is 32.2. The highest BCUT2D eigenvalue weighted by Gasteiger charge is 2.29. The number of nitrogens with zero attached hydrogens (tertiary/aromatic N) is 1. The molecule has 2 heterocycles. The van der Waals surface area contributed by atoms with E-state index in [-0.39, 0.29) is 11.8 Å². The molecule has 1 aliphatic heterocycles. The van der Waals surface area contributed by atoms with Gasteiger partial charge in [0.1, 0.15) is 0 Å². The first-order valence-corrected chi connectivity index (χ1v) is 7.73. The first-order chi connectivity index (χ1) is 8.76. The lowest BCUT2D eigenvalue weighted by Crippen LogP contribution is -2.30. The maximum absolute atomic E-state index is 11.7. The third-order valence-electron chi connectivity index (χ3n) is 2.69. The van der Waals surface area contributed by atoms with Crippen LogP contribution in [-0.2, 0) is 4.79 Å². The van der Waals surface area contributed by atoms with Crippen molar-refractivity contribution >= 4 is 29.0 Å². The normalized spacial score (nSPS) is 19.6. The fraction of sp³-hybridized carbons (Fsp3) is 0.385. The number of hydrogen-bond donors (Lipinski definition) is 1. The zero-order valence-corrected chi connectivity index (χ0v) is 11.7. The van der Waals surface area contributed by atoms with E-state index in [0.717, 1.165) is 22.1 Å². The predicted octanol–water partition coefficient (Wildman–Crippen LogP) is 3.23. The second-order valence-electron chi connectivity index (χ2n) is 4.02. The minimum Gasteiger partial charge on any atom is -0.320 e. The first-order valence-electron chi connectivity index (χ1n) is 5.86. The van der Waals surface area contributed by atoms with Crippen LogP contribution in [0.25, 0.3) is 0 Å². The summed E-state index contributed by atoms with van der Waals surface area (Å²) in [6.45, 7) is 2.08. The molecule has 1 aromatic heterocycles. The van der Waals surface area contributed by atoms with E-state index in [2.05, 4.69) is 18.3 Å². The fourth-order valence-electron chi connectivity index (χ4n) is 1.87. The molecule has 0 aliphatic carbocycles. The van der Waals surface area contributed by atoms with Crippen LogP contribution in [0.4, 0.5) is 0 Å². The molecule has 5 heteroatoms. The topological polar surface area (TPSA) is 52.9 Å². The number of nitriles is 1. The van der Waals surface area contributed by atoms with Gasteiger partial charge in [0.25, 0.3) is 0 Å². The van der Waals surface area contributed by atoms with Crippen LogP contribution in [0.1, 0.15) is 30.6 Å². The molecular formula is C13H14N2OS2. The maximum atomic E-state index is 11.7. The molecule has 1 N–H and O–H groups in total. The van der Waals surface area contributed by atoms with Gasteiger partial charge in [-0.2, -0.15) is 5.26 Å². The highest BCUT2D eigenvalue weighted by molar-refractivity contribution is 8.03. The van der Waals surface area contributed by atoms with E-state index < -0.39 is 0 Å². The molecule has 1 aromatic rings. The Labute approximate surface area is 115 Å². The average molecular weight is 278 g/mol. The number of rotatable bonds is 4. The SMILES string of the molecule is CCCSC1=C(C#N)[C@@H](c2cccs2)CC(=O)N1. The van der Waals surface area contributed by atoms with Crippen molar-refractivity contribution in [2.45, 2.75) is 25.7 Å². The number of amides is 1. The van der Waals surface area contributed by atoms with Crippen LogP contribution >= 0.6 is 23.1 Å². The molecule has 94 valence electrons. The van der Waals surface area contributed by atoms with Gasteiger partial charge in [0, 0.05) is 17.2 Å². The maximum Gasteiger partial charge on any atom is 0.225 e. The van der Waals surface area contributed by atoms with E-state index in [9.17, 15) is 10.1 Å². The van der Waals surface area contributed by atoms with E-state index in [4.69, 9.17) is 0 Å². The number of thioether (sulfide) groups is 1. The molecule has 1 atom stereocenters. The third-order valence-corrected chi connectivity index (χ3v) is 4.90. The predicted molar refractivity (Wildman–Crippen MR) is 75.2 cm³/mol. The van der Waals surface area contributed by atoms with Gasteiger partial charge in [-0.25, -0.2) is 0 Å². The smallest absolute Gasteiger partial charge is 0.225 e. The van der Waals surface area contributed by atoms with Crippen molar-refractivity contribution in [1.82, 2.24) is 5.32 Å². The van der Waals surface area contributed by atoms with E-state index in [1.165, 1.54) is 0 Å². The minimum absolute atomic E-state index is 0.00556. The van der Waals surface area contributed by atoms with Gasteiger partial charge in [-0.15, -0.1) is 23.1 Å². The summed E-state index contributed by atoms with van der Waals surface area (Å²) in [5.41, 5.74) is 0.704. The Morgan fingerprint density at radius 2 is 2.50 bits per heavy atom. The monoisotopic (exact) mass is 278 g/mol. The summed E-state index contributed by atoms with van der Waals surface area (Å²) in [5, 5.41) is 14.9. The molecule has 0 radical (unpaired) electrons. The van der Waals surface area contributed by atoms with Crippen LogP contribution in [0.2, 0.25) is 0 Å². The van der Waals surface area contributed by atoms with Gasteiger partial charge < -0.3 is 5.32 Å². The number of carbonyl (C=O) groups excluding carboxylic acids is 1. The lowest BCUT2D eigenvalue weighted by Gasteiger charge is -2.23. The molecule has 0 spiro atoms. The van der Waals surface area contributed by atoms with Gasteiger partial charge in [0.2, 0.25) is 5.91 Å². The molecule has 0 aromatic carbocycles. The molecule has 0 saturated carbocycles. The summed E-state index contributed by atoms with van der Waals surface area (Å²) in [6, 6.07) is 6.22. The van der Waals surface area contributed by atoms with Crippen LogP contribution in [-0.4, -0.2) is 11.7 Å². The van der Waals surface area contributed by atoms with Gasteiger partial charge in [0.05, 0.1) is 16.7 Å². The molecule has 2 rings (SSSR count). The zero-order chi connectivity index (χ0) is 13.0. The Morgan fingerprint density at radius 3 is 3.11 bits per heavy atom. The van der Waals surface area contributed by atoms with Crippen LogP contribution in [0.15, 0.2) is 28.1 Å². The van der Waals surface area contributed by atoms with E-state index in [1.807, 2.05) is 17.5 Å². The van der Waals surface area contributed by atoms with Gasteiger partial charge in [-0.05, 0) is 23.6 Å². The summed E-state index contributed by atoms with van der Waals surface area (Å²) in [5.74, 6) is 0.854. The quantitative estimate of drug-likeness (QED) is 0.920. The molecule has 0 fully saturated rings. The van der Waals surface area contributed by atoms with Crippen LogP contribution in [0.5, 0.6) is 0 Å². The Morgan fingerprint density at radius 1 is 1.67 bits per heavy atom. The number of hydrogen-bond acceptors (Lipinski definition) is 4. The number of carbonyl (C=O) groups is 1. The van der Waals surface area contributed by atoms with Crippen molar-refractivity contribution in [2.24, 2.45) is 0 Å². The zero-order valence-electron chi connectivity index (χ0n) is 10.1. The standard InChI is InChI=1S/C13H14N2OS2/c1-2-5-18-13-10(8-14)9(7-12(16)15-13)11-4-3-6-17-11/h3-4,6,9H,2,5,7H2,1H3,(H,15,16)/t9-/m0/s1. The number of allylic oxidation sites excluding steroid dienone is 1. The molecule has 1 aliphatic rings. The van der Waals surface area contributed by atoms with Crippen molar-refractivity contribution in [3.8, 4) is 6.07 Å². The number of thiophene rings is 1. The molecule has 0 bridgehead atoms.